The summed E-state index contributed by atoms with van der Waals surface area (Å²) in [6, 6.07) is 6.43. The Bertz CT molecular complexity index is 3250. The van der Waals surface area contributed by atoms with Crippen LogP contribution in [0.15, 0.2) is 96.4 Å². The van der Waals surface area contributed by atoms with Crippen molar-refractivity contribution in [3.8, 4) is 11.5 Å². The third-order valence-electron chi connectivity index (χ3n) is 15.5. The van der Waals surface area contributed by atoms with Crippen molar-refractivity contribution in [2.24, 2.45) is 39.9 Å². The average Bonchev–Trinajstić information content (AvgIpc) is 1.35. The van der Waals surface area contributed by atoms with Gasteiger partial charge in [-0.3, -0.25) is 52.9 Å². The van der Waals surface area contributed by atoms with Gasteiger partial charge in [0, 0.05) is 50.7 Å². The average molecular weight is 1310 g/mol. The highest BCUT2D eigenvalue weighted by Gasteiger charge is 2.42. The number of aromatic amines is 1. The minimum absolute atomic E-state index is 0.0360. The number of hydrogen-bond donors (Lipinski definition) is 16. The van der Waals surface area contributed by atoms with E-state index in [0.717, 1.165) is 0 Å². The minimum atomic E-state index is -1.54. The number of rotatable bonds is 36. The topological polar surface area (TPSA) is 487 Å². The maximum Gasteiger partial charge on any atom is 0.326 e. The third kappa shape index (κ3) is 23.8. The molecule has 0 bridgehead atoms. The lowest BCUT2D eigenvalue weighted by molar-refractivity contribution is -0.143. The number of H-pyrrole nitrogens is 1. The van der Waals surface area contributed by atoms with Gasteiger partial charge in [-0.15, -0.1) is 0 Å². The molecule has 5 rings (SSSR count). The number of amides is 9. The van der Waals surface area contributed by atoms with Crippen LogP contribution in [0.4, 0.5) is 0 Å². The van der Waals surface area contributed by atoms with Gasteiger partial charge >= 0.3 is 11.9 Å². The highest BCUT2D eigenvalue weighted by Crippen LogP contribution is 2.22. The second-order valence-corrected chi connectivity index (χ2v) is 24.4. The van der Waals surface area contributed by atoms with Gasteiger partial charge < -0.3 is 90.0 Å². The van der Waals surface area contributed by atoms with E-state index in [1.165, 1.54) is 66.0 Å². The van der Waals surface area contributed by atoms with E-state index in [1.807, 2.05) is 0 Å². The van der Waals surface area contributed by atoms with Gasteiger partial charge in [0.15, 0.2) is 5.96 Å². The maximum absolute atomic E-state index is 15.0. The normalized spacial score (nSPS) is 15.7. The van der Waals surface area contributed by atoms with Crippen LogP contribution in [0.1, 0.15) is 102 Å². The zero-order valence-electron chi connectivity index (χ0n) is 53.5. The van der Waals surface area contributed by atoms with Crippen LogP contribution in [-0.2, 0) is 78.4 Å². The molecule has 19 N–H and O–H groups in total. The summed E-state index contributed by atoms with van der Waals surface area (Å²) in [4.78, 5) is 165. The van der Waals surface area contributed by atoms with E-state index in [4.69, 9.17) is 17.2 Å². The fraction of sp³-hybridized carbons (Fsp3) is 0.484. The van der Waals surface area contributed by atoms with Crippen LogP contribution >= 0.6 is 0 Å². The first-order valence-electron chi connectivity index (χ1n) is 31.1. The van der Waals surface area contributed by atoms with Crippen molar-refractivity contribution in [2.45, 2.75) is 166 Å². The van der Waals surface area contributed by atoms with Crippen LogP contribution in [0.2, 0.25) is 0 Å². The summed E-state index contributed by atoms with van der Waals surface area (Å²) in [6.07, 6.45) is 2.00. The van der Waals surface area contributed by atoms with E-state index in [0.29, 0.717) is 28.8 Å². The number of benzene rings is 3. The number of carbonyl (C=O) groups is 11. The number of carbonyl (C=O) groups excluding carboxylic acids is 9. The zero-order valence-corrected chi connectivity index (χ0v) is 53.5. The molecule has 30 nitrogen and oxygen atoms in total. The van der Waals surface area contributed by atoms with E-state index in [1.54, 1.807) is 71.9 Å². The second kappa shape index (κ2) is 36.2. The Hall–Kier alpha value is -10.1. The summed E-state index contributed by atoms with van der Waals surface area (Å²) in [6.45, 7) is 10.1. The van der Waals surface area contributed by atoms with Gasteiger partial charge in [0.1, 0.15) is 65.9 Å². The number of phenolic OH excluding ortho intramolecular Hbond substituents is 2. The summed E-state index contributed by atoms with van der Waals surface area (Å²) < 4.78 is 0. The largest absolute Gasteiger partial charge is 0.508 e. The molecule has 94 heavy (non-hydrogen) atoms. The number of aromatic hydroxyl groups is 2. The number of nitrogens with two attached hydrogens (primary N) is 3. The van der Waals surface area contributed by atoms with Crippen molar-refractivity contribution >= 4 is 71.1 Å². The first kappa shape index (κ1) is 74.6. The van der Waals surface area contributed by atoms with Crippen LogP contribution in [0, 0.1) is 17.8 Å². The number of aliphatic carboxylic acids is 2. The molecule has 0 saturated carbocycles. The van der Waals surface area contributed by atoms with E-state index >= 15 is 4.79 Å². The first-order valence-corrected chi connectivity index (χ1v) is 31.1. The molecule has 1 fully saturated rings. The molecule has 1 aliphatic heterocycles. The van der Waals surface area contributed by atoms with Crippen LogP contribution in [0.25, 0.3) is 0 Å². The number of imidazole rings is 1. The van der Waals surface area contributed by atoms with Gasteiger partial charge in [0.25, 0.3) is 0 Å². The van der Waals surface area contributed by atoms with Gasteiger partial charge in [-0.1, -0.05) is 96.1 Å². The molecule has 0 radical (unpaired) electrons. The lowest BCUT2D eigenvalue weighted by Crippen LogP contribution is -2.62. The highest BCUT2D eigenvalue weighted by molar-refractivity contribution is 5.99. The number of phenols is 2. The minimum Gasteiger partial charge on any atom is -0.508 e. The molecule has 3 aromatic carbocycles. The lowest BCUT2D eigenvalue weighted by Gasteiger charge is -2.32. The van der Waals surface area contributed by atoms with Crippen LogP contribution in [0.5, 0.6) is 11.5 Å². The number of nitrogens with zero attached hydrogens (tertiary/aromatic N) is 3. The number of carboxylic acids is 2. The summed E-state index contributed by atoms with van der Waals surface area (Å²) >= 11 is 0. The molecule has 1 aromatic heterocycles. The van der Waals surface area contributed by atoms with Crippen LogP contribution in [0.3, 0.4) is 0 Å². The van der Waals surface area contributed by atoms with Crippen molar-refractivity contribution in [1.82, 2.24) is 57.4 Å². The summed E-state index contributed by atoms with van der Waals surface area (Å²) in [5, 5.41) is 60.7. The highest BCUT2D eigenvalue weighted by atomic mass is 16.4. The fourth-order valence-corrected chi connectivity index (χ4v) is 10.5. The van der Waals surface area contributed by atoms with Gasteiger partial charge in [-0.05, 0) is 90.8 Å². The van der Waals surface area contributed by atoms with Crippen molar-refractivity contribution in [1.29, 1.82) is 0 Å². The Balaban J connectivity index is 1.40. The Morgan fingerprint density at radius 2 is 1.05 bits per heavy atom. The quantitative estimate of drug-likeness (QED) is 0.0151. The number of guanidine groups is 1. The maximum atomic E-state index is 15.0. The molecule has 0 aliphatic carbocycles. The number of aliphatic imine (C=N–C) groups is 1. The molecule has 1 saturated heterocycles. The lowest BCUT2D eigenvalue weighted by atomic mass is 9.98. The van der Waals surface area contributed by atoms with Crippen molar-refractivity contribution in [3.05, 3.63) is 114 Å². The SMILES string of the molecule is CC(C)C[C@H](NC(=O)[C@H](Cc1ccc(O)cc1)NC(=O)[C@H](Cc1ccccc1)NC(=O)[C@@H]1CCCN1C(=O)[C@H](Cc1cnc[nH]1)NC(=O)[C@@H](NC(=O)[C@H](Cc1ccc(O)cc1)NC(=O)[C@@H](NC(=O)[C@H](CCCN=C(N)N)NC(=O)[C@@H](N)CC(=O)O)C(C)C)C(C)C)C(=O)O. The van der Waals surface area contributed by atoms with Crippen molar-refractivity contribution in [3.63, 3.8) is 0 Å². The Kier molecular flexibility index (Phi) is 28.7. The first-order chi connectivity index (χ1) is 44.5. The monoisotopic (exact) mass is 1310 g/mol. The molecule has 9 amide bonds. The summed E-state index contributed by atoms with van der Waals surface area (Å²) in [5.74, 6) is -12.0. The van der Waals surface area contributed by atoms with Gasteiger partial charge in [0.2, 0.25) is 53.2 Å². The molecule has 1 aliphatic rings. The summed E-state index contributed by atoms with van der Waals surface area (Å²) in [7, 11) is 0. The third-order valence-corrected chi connectivity index (χ3v) is 15.5. The molecule has 4 aromatic rings. The van der Waals surface area contributed by atoms with E-state index in [-0.39, 0.29) is 87.8 Å². The van der Waals surface area contributed by atoms with E-state index in [9.17, 15) is 68.4 Å². The number of carboxylic acid groups (broad SMARTS) is 2. The van der Waals surface area contributed by atoms with Crippen LogP contribution < -0.4 is 59.7 Å². The Labute approximate surface area is 544 Å². The van der Waals surface area contributed by atoms with Crippen LogP contribution in [-0.4, -0.2) is 180 Å². The van der Waals surface area contributed by atoms with Gasteiger partial charge in [-0.2, -0.15) is 0 Å². The molecule has 510 valence electrons. The van der Waals surface area contributed by atoms with Gasteiger partial charge in [0.05, 0.1) is 18.8 Å². The molecule has 30 heteroatoms. The van der Waals surface area contributed by atoms with Crippen molar-refractivity contribution in [2.75, 3.05) is 13.1 Å². The van der Waals surface area contributed by atoms with E-state index in [2.05, 4.69) is 57.5 Å². The standard InChI is InChI=1S/C64H89N15O15/c1-34(2)26-49(63(93)94)76-57(87)45(28-38-16-20-41(80)21-17-38)72-56(86)46(27-37-12-8-7-9-13-37)73-59(89)50-15-11-25-79(50)62(92)48(30-40-32-68-33-70-40)75-61(91)53(36(5)6)78-58(88)47(29-39-18-22-42(81)23-19-39)74-60(90)52(35(3)4)77-55(85)44(14-10-24-69-64(66)67)71-54(84)43(65)31-51(82)83/h7-9,12-13,16-23,32-36,43-50,52-53,80-81H,10-11,14-15,24-31,65H2,1-6H3,(H,68,70)(H,71,84)(H,72,86)(H,73,89)(H,74,90)(H,75,91)(H,76,87)(H,77,85)(H,78,88)(H,82,83)(H,93,94)(H4,66,67,69)/t43-,44-,45-,46-,47-,48-,49-,50-,52-,53-/m0/s1. The molecule has 0 unspecified atom stereocenters. The number of aromatic nitrogens is 2. The van der Waals surface area contributed by atoms with E-state index < -0.39 is 144 Å². The molecular weight excluding hydrogens is 1220 g/mol. The van der Waals surface area contributed by atoms with Gasteiger partial charge in [-0.25, -0.2) is 9.78 Å². The Morgan fingerprint density at radius 1 is 0.585 bits per heavy atom. The fourth-order valence-electron chi connectivity index (χ4n) is 10.5. The predicted molar refractivity (Wildman–Crippen MR) is 343 cm³/mol. The molecular formula is C64H89N15O15. The number of nitrogens with one attached hydrogen (secondary N) is 9. The summed E-state index contributed by atoms with van der Waals surface area (Å²) in [5.41, 5.74) is 18.7. The van der Waals surface area contributed by atoms with Crippen molar-refractivity contribution < 1.29 is 73.2 Å². The number of likely N-dealkylation sites (tertiary alicyclic amines) is 1. The molecule has 0 spiro atoms. The smallest absolute Gasteiger partial charge is 0.326 e. The zero-order chi connectivity index (χ0) is 69.3. The number of hydrogen-bond acceptors (Lipinski definition) is 16. The Morgan fingerprint density at radius 3 is 1.53 bits per heavy atom. The second-order valence-electron chi connectivity index (χ2n) is 24.4. The predicted octanol–water partition coefficient (Wildman–Crippen LogP) is -0.741. The molecule has 10 atom stereocenters. The molecule has 2 heterocycles.